The van der Waals surface area contributed by atoms with Crippen molar-refractivity contribution in [2.24, 2.45) is 28.6 Å². The molecule has 1 aromatic carbocycles. The second kappa shape index (κ2) is 11.6. The number of esters is 1. The first-order chi connectivity index (χ1) is 19.9. The predicted molar refractivity (Wildman–Crippen MR) is 153 cm³/mol. The first-order valence-electron chi connectivity index (χ1n) is 15.1. The molecule has 1 aromatic rings. The molecule has 7 atom stereocenters. The maximum atomic E-state index is 13.4. The van der Waals surface area contributed by atoms with Gasteiger partial charge in [0.15, 0.2) is 12.4 Å². The molecule has 0 saturated heterocycles. The van der Waals surface area contributed by atoms with Crippen LogP contribution in [0.1, 0.15) is 77.2 Å². The molecule has 0 heterocycles. The highest BCUT2D eigenvalue weighted by Gasteiger charge is 2.68. The van der Waals surface area contributed by atoms with Crippen LogP contribution < -0.4 is 10.1 Å². The Bertz CT molecular complexity index is 1270. The van der Waals surface area contributed by atoms with E-state index in [9.17, 15) is 29.4 Å². The topological polar surface area (TPSA) is 139 Å². The number of aliphatic hydroxyl groups excluding tert-OH is 1. The molecule has 1 amide bonds. The van der Waals surface area contributed by atoms with E-state index in [0.29, 0.717) is 19.4 Å². The summed E-state index contributed by atoms with van der Waals surface area (Å²) in [6.07, 6.45) is 4.81. The molecule has 4 aliphatic rings. The van der Waals surface area contributed by atoms with Crippen LogP contribution in [-0.4, -0.2) is 59.1 Å². The zero-order chi connectivity index (χ0) is 30.3. The van der Waals surface area contributed by atoms with Gasteiger partial charge in [-0.3, -0.25) is 19.2 Å². The van der Waals surface area contributed by atoms with Crippen molar-refractivity contribution in [3.63, 3.8) is 0 Å². The van der Waals surface area contributed by atoms with Gasteiger partial charge in [-0.25, -0.2) is 0 Å². The molecule has 0 aromatic heterocycles. The van der Waals surface area contributed by atoms with E-state index >= 15 is 0 Å². The third kappa shape index (κ3) is 5.30. The van der Waals surface area contributed by atoms with Crippen molar-refractivity contribution in [2.75, 3.05) is 13.7 Å². The van der Waals surface area contributed by atoms with Crippen LogP contribution in [0.3, 0.4) is 0 Å². The van der Waals surface area contributed by atoms with Gasteiger partial charge in [-0.05, 0) is 85.5 Å². The lowest BCUT2D eigenvalue weighted by molar-refractivity contribution is -0.184. The molecule has 3 N–H and O–H groups in total. The van der Waals surface area contributed by atoms with Gasteiger partial charge < -0.3 is 25.0 Å². The summed E-state index contributed by atoms with van der Waals surface area (Å²) in [5.41, 5.74) is -0.784. The van der Waals surface area contributed by atoms with Crippen molar-refractivity contribution in [2.45, 2.75) is 89.9 Å². The number of carbonyl (C=O) groups is 4. The highest BCUT2D eigenvalue weighted by Crippen LogP contribution is 2.67. The van der Waals surface area contributed by atoms with Crippen LogP contribution in [0.15, 0.2) is 35.9 Å². The van der Waals surface area contributed by atoms with E-state index in [1.165, 1.54) is 0 Å². The molecule has 5 rings (SSSR count). The number of allylic oxidation sites excluding steroid dienone is 1. The van der Waals surface area contributed by atoms with E-state index in [0.717, 1.165) is 36.1 Å². The molecule has 9 nitrogen and oxygen atoms in total. The molecule has 0 radical (unpaired) electrons. The fourth-order valence-corrected chi connectivity index (χ4v) is 8.74. The minimum Gasteiger partial charge on any atom is -0.497 e. The van der Waals surface area contributed by atoms with Crippen LogP contribution in [0.5, 0.6) is 5.75 Å². The number of hydrogen-bond acceptors (Lipinski definition) is 8. The second-order valence-corrected chi connectivity index (χ2v) is 13.2. The van der Waals surface area contributed by atoms with Crippen LogP contribution in [0, 0.1) is 28.6 Å². The largest absolute Gasteiger partial charge is 0.497 e. The average molecular weight is 582 g/mol. The summed E-state index contributed by atoms with van der Waals surface area (Å²) in [6.45, 7) is 3.81. The number of fused-ring (bicyclic) bond motifs is 5. The van der Waals surface area contributed by atoms with E-state index in [2.05, 4.69) is 12.2 Å². The van der Waals surface area contributed by atoms with Crippen molar-refractivity contribution in [1.29, 1.82) is 0 Å². The van der Waals surface area contributed by atoms with Crippen molar-refractivity contribution in [3.05, 3.63) is 41.5 Å². The highest BCUT2D eigenvalue weighted by atomic mass is 16.5. The standard InChI is InChI=1S/C33H43NO8/c1-31-14-12-22(35)16-21(31)6-9-24-25-13-15-33(40,32(25,2)17-26(36)30(24)31)27(37)19-42-29(39)11-10-28(38)34-18-20-4-7-23(41-3)8-5-20/h4-5,7-8,16,24-26,30,36,40H,6,9-15,17-19H2,1-3H3,(H,34,38). The number of carbonyl (C=O) groups excluding carboxylic acids is 4. The fraction of sp³-hybridized carbons (Fsp3) is 0.636. The summed E-state index contributed by atoms with van der Waals surface area (Å²) in [5, 5.41) is 26.1. The predicted octanol–water partition coefficient (Wildman–Crippen LogP) is 3.44. The van der Waals surface area contributed by atoms with E-state index in [-0.39, 0.29) is 60.5 Å². The van der Waals surface area contributed by atoms with Crippen molar-refractivity contribution in [1.82, 2.24) is 5.32 Å². The lowest BCUT2D eigenvalue weighted by Gasteiger charge is -2.60. The molecular weight excluding hydrogens is 538 g/mol. The van der Waals surface area contributed by atoms with Gasteiger partial charge in [-0.2, -0.15) is 0 Å². The van der Waals surface area contributed by atoms with Crippen LogP contribution in [0.2, 0.25) is 0 Å². The Labute approximate surface area is 247 Å². The number of nitrogens with one attached hydrogen (secondary N) is 1. The van der Waals surface area contributed by atoms with Gasteiger partial charge in [0, 0.05) is 24.8 Å². The van der Waals surface area contributed by atoms with Crippen molar-refractivity contribution < 1.29 is 38.9 Å². The summed E-state index contributed by atoms with van der Waals surface area (Å²) in [6, 6.07) is 7.27. The maximum absolute atomic E-state index is 13.4. The van der Waals surface area contributed by atoms with Gasteiger partial charge >= 0.3 is 5.97 Å². The lowest BCUT2D eigenvalue weighted by Crippen LogP contribution is -2.62. The van der Waals surface area contributed by atoms with Crippen LogP contribution in [0.25, 0.3) is 0 Å². The Morgan fingerprint density at radius 1 is 1.05 bits per heavy atom. The van der Waals surface area contributed by atoms with E-state index in [1.54, 1.807) is 25.3 Å². The smallest absolute Gasteiger partial charge is 0.306 e. The quantitative estimate of drug-likeness (QED) is 0.377. The van der Waals surface area contributed by atoms with Gasteiger partial charge in [0.25, 0.3) is 0 Å². The number of methoxy groups -OCH3 is 1. The molecule has 0 bridgehead atoms. The lowest BCUT2D eigenvalue weighted by atomic mass is 9.45. The number of aliphatic hydroxyl groups is 2. The molecule has 9 heteroatoms. The number of rotatable bonds is 9. The van der Waals surface area contributed by atoms with Crippen LogP contribution in [-0.2, 0) is 30.5 Å². The van der Waals surface area contributed by atoms with Gasteiger partial charge in [-0.1, -0.05) is 31.6 Å². The number of ketones is 2. The van der Waals surface area contributed by atoms with E-state index in [4.69, 9.17) is 9.47 Å². The molecule has 0 aliphatic heterocycles. The van der Waals surface area contributed by atoms with Crippen molar-refractivity contribution >= 4 is 23.4 Å². The number of Topliss-reactive ketones (excluding diaryl/α,β-unsaturated/α-hetero) is 1. The summed E-state index contributed by atoms with van der Waals surface area (Å²) in [5.74, 6) is -0.518. The van der Waals surface area contributed by atoms with Gasteiger partial charge in [0.05, 0.1) is 19.6 Å². The molecule has 3 fully saturated rings. The van der Waals surface area contributed by atoms with E-state index in [1.807, 2.05) is 19.1 Å². The third-order valence-electron chi connectivity index (χ3n) is 11.1. The Balaban J connectivity index is 1.15. The Hall–Kier alpha value is -3.04. The minimum absolute atomic E-state index is 0.0187. The Morgan fingerprint density at radius 3 is 2.50 bits per heavy atom. The van der Waals surface area contributed by atoms with Crippen LogP contribution in [0.4, 0.5) is 0 Å². The first-order valence-corrected chi connectivity index (χ1v) is 15.1. The molecule has 3 saturated carbocycles. The van der Waals surface area contributed by atoms with Crippen molar-refractivity contribution in [3.8, 4) is 5.75 Å². The summed E-state index contributed by atoms with van der Waals surface area (Å²) < 4.78 is 10.3. The number of hydrogen-bond donors (Lipinski definition) is 3. The minimum atomic E-state index is -1.71. The summed E-state index contributed by atoms with van der Waals surface area (Å²) in [4.78, 5) is 50.1. The average Bonchev–Trinajstić information content (AvgIpc) is 3.24. The summed E-state index contributed by atoms with van der Waals surface area (Å²) in [7, 11) is 1.58. The third-order valence-corrected chi connectivity index (χ3v) is 11.1. The fourth-order valence-electron chi connectivity index (χ4n) is 8.74. The van der Waals surface area contributed by atoms with E-state index < -0.39 is 35.5 Å². The highest BCUT2D eigenvalue weighted by molar-refractivity contribution is 5.92. The normalized spacial score (nSPS) is 35.3. The number of ether oxygens (including phenoxy) is 2. The molecule has 7 unspecified atom stereocenters. The first kappa shape index (κ1) is 30.4. The zero-order valence-corrected chi connectivity index (χ0v) is 24.8. The van der Waals surface area contributed by atoms with Crippen LogP contribution >= 0.6 is 0 Å². The Kier molecular flexibility index (Phi) is 8.38. The molecule has 42 heavy (non-hydrogen) atoms. The zero-order valence-electron chi connectivity index (χ0n) is 24.8. The SMILES string of the molecule is COc1ccc(CNC(=O)CCC(=O)OCC(=O)C2(O)CCC3C4CCC5=CC(=O)CCC5(C)C4C(O)CC32C)cc1. The molecule has 4 aliphatic carbocycles. The monoisotopic (exact) mass is 581 g/mol. The second-order valence-electron chi connectivity index (χ2n) is 13.2. The Morgan fingerprint density at radius 2 is 1.79 bits per heavy atom. The molecular formula is C33H43NO8. The molecule has 228 valence electrons. The number of amides is 1. The summed E-state index contributed by atoms with van der Waals surface area (Å²) >= 11 is 0. The number of benzene rings is 1. The van der Waals surface area contributed by atoms with Gasteiger partial charge in [0.1, 0.15) is 11.4 Å². The van der Waals surface area contributed by atoms with Gasteiger partial charge in [0.2, 0.25) is 11.7 Å². The molecule has 0 spiro atoms. The van der Waals surface area contributed by atoms with Gasteiger partial charge in [-0.15, -0.1) is 0 Å². The maximum Gasteiger partial charge on any atom is 0.306 e.